The Morgan fingerprint density at radius 3 is 2.89 bits per heavy atom. The van der Waals surface area contributed by atoms with E-state index in [0.29, 0.717) is 12.5 Å². The Labute approximate surface area is 114 Å². The van der Waals surface area contributed by atoms with E-state index in [-0.39, 0.29) is 18.0 Å². The maximum absolute atomic E-state index is 12.5. The van der Waals surface area contributed by atoms with E-state index in [0.717, 1.165) is 12.8 Å². The Balaban J connectivity index is 2.05. The van der Waals surface area contributed by atoms with E-state index in [4.69, 9.17) is 5.73 Å². The molecule has 1 fully saturated rings. The van der Waals surface area contributed by atoms with E-state index in [1.54, 1.807) is 10.9 Å². The Morgan fingerprint density at radius 2 is 2.26 bits per heavy atom. The number of amides is 1. The Bertz CT molecular complexity index is 404. The highest BCUT2D eigenvalue weighted by Gasteiger charge is 2.32. The first-order valence-corrected chi connectivity index (χ1v) is 7.11. The Morgan fingerprint density at radius 1 is 1.53 bits per heavy atom. The van der Waals surface area contributed by atoms with Gasteiger partial charge in [0, 0.05) is 25.5 Å². The van der Waals surface area contributed by atoms with Crippen LogP contribution in [-0.4, -0.2) is 40.2 Å². The second-order valence-electron chi connectivity index (χ2n) is 5.46. The van der Waals surface area contributed by atoms with Crippen LogP contribution in [0.3, 0.4) is 0 Å². The molecule has 5 nitrogen and oxygen atoms in total. The van der Waals surface area contributed by atoms with Gasteiger partial charge in [-0.05, 0) is 38.3 Å². The average molecular weight is 264 g/mol. The standard InChI is InChI=1S/C14H24N4O/c1-11(18-9-5-8-16-18)14(19)17(2)13-7-4-3-6-12(13)10-15/h5,8-9,11-13H,3-4,6-7,10,15H2,1-2H3. The van der Waals surface area contributed by atoms with E-state index >= 15 is 0 Å². The van der Waals surface area contributed by atoms with Gasteiger partial charge in [-0.1, -0.05) is 12.8 Å². The highest BCUT2D eigenvalue weighted by Crippen LogP contribution is 2.28. The zero-order valence-corrected chi connectivity index (χ0v) is 11.8. The van der Waals surface area contributed by atoms with E-state index in [9.17, 15) is 4.79 Å². The molecule has 1 heterocycles. The fraction of sp³-hybridized carbons (Fsp3) is 0.714. The van der Waals surface area contributed by atoms with Gasteiger partial charge in [-0.2, -0.15) is 5.10 Å². The molecular weight excluding hydrogens is 240 g/mol. The van der Waals surface area contributed by atoms with E-state index < -0.39 is 0 Å². The summed E-state index contributed by atoms with van der Waals surface area (Å²) < 4.78 is 1.71. The van der Waals surface area contributed by atoms with Gasteiger partial charge < -0.3 is 10.6 Å². The number of carbonyl (C=O) groups excluding carboxylic acids is 1. The summed E-state index contributed by atoms with van der Waals surface area (Å²) in [5, 5.41) is 4.15. The molecule has 1 aromatic rings. The monoisotopic (exact) mass is 264 g/mol. The second-order valence-corrected chi connectivity index (χ2v) is 5.46. The Hall–Kier alpha value is -1.36. The van der Waals surface area contributed by atoms with Crippen LogP contribution in [0.2, 0.25) is 0 Å². The van der Waals surface area contributed by atoms with Gasteiger partial charge in [0.1, 0.15) is 6.04 Å². The van der Waals surface area contributed by atoms with Crippen molar-refractivity contribution in [3.05, 3.63) is 18.5 Å². The number of nitrogens with two attached hydrogens (primary N) is 1. The van der Waals surface area contributed by atoms with Gasteiger partial charge in [-0.15, -0.1) is 0 Å². The molecule has 0 aromatic carbocycles. The van der Waals surface area contributed by atoms with E-state index in [1.807, 2.05) is 31.1 Å². The summed E-state index contributed by atoms with van der Waals surface area (Å²) in [6.07, 6.45) is 8.15. The van der Waals surface area contributed by atoms with Gasteiger partial charge in [0.25, 0.3) is 0 Å². The van der Waals surface area contributed by atoms with Crippen molar-refractivity contribution in [2.45, 2.75) is 44.7 Å². The summed E-state index contributed by atoms with van der Waals surface area (Å²) in [7, 11) is 1.90. The predicted octanol–water partition coefficient (Wildman–Crippen LogP) is 1.42. The summed E-state index contributed by atoms with van der Waals surface area (Å²) in [5.41, 5.74) is 5.85. The molecule has 19 heavy (non-hydrogen) atoms. The molecule has 0 radical (unpaired) electrons. The van der Waals surface area contributed by atoms with Crippen LogP contribution in [0, 0.1) is 5.92 Å². The van der Waals surface area contributed by atoms with Crippen LogP contribution in [0.1, 0.15) is 38.6 Å². The molecule has 1 aliphatic rings. The molecule has 0 spiro atoms. The van der Waals surface area contributed by atoms with Crippen LogP contribution in [-0.2, 0) is 4.79 Å². The molecule has 3 atom stereocenters. The maximum Gasteiger partial charge on any atom is 0.247 e. The van der Waals surface area contributed by atoms with Crippen LogP contribution in [0.25, 0.3) is 0 Å². The molecule has 1 saturated carbocycles. The molecule has 106 valence electrons. The topological polar surface area (TPSA) is 64.2 Å². The third kappa shape index (κ3) is 2.97. The molecule has 5 heteroatoms. The lowest BCUT2D eigenvalue weighted by atomic mass is 9.83. The average Bonchev–Trinajstić information content (AvgIpc) is 2.99. The zero-order chi connectivity index (χ0) is 13.8. The summed E-state index contributed by atoms with van der Waals surface area (Å²) in [6, 6.07) is 1.87. The molecule has 2 rings (SSSR count). The SMILES string of the molecule is CC(C(=O)N(C)C1CCCCC1CN)n1cccn1. The third-order valence-electron chi connectivity index (χ3n) is 4.30. The molecule has 1 amide bonds. The number of carbonyl (C=O) groups is 1. The molecular formula is C14H24N4O. The molecule has 0 bridgehead atoms. The predicted molar refractivity (Wildman–Crippen MR) is 74.5 cm³/mol. The lowest BCUT2D eigenvalue weighted by Crippen LogP contribution is -2.47. The number of likely N-dealkylation sites (N-methyl/N-ethyl adjacent to an activating group) is 1. The molecule has 2 N–H and O–H groups in total. The minimum atomic E-state index is -0.250. The normalized spacial score (nSPS) is 25.0. The molecule has 0 saturated heterocycles. The van der Waals surface area contributed by atoms with Crippen molar-refractivity contribution >= 4 is 5.91 Å². The minimum absolute atomic E-state index is 0.119. The van der Waals surface area contributed by atoms with Gasteiger partial charge in [-0.3, -0.25) is 9.48 Å². The lowest BCUT2D eigenvalue weighted by Gasteiger charge is -2.38. The van der Waals surface area contributed by atoms with Gasteiger partial charge in [0.2, 0.25) is 5.91 Å². The maximum atomic E-state index is 12.5. The quantitative estimate of drug-likeness (QED) is 0.894. The summed E-state index contributed by atoms with van der Waals surface area (Å²) in [4.78, 5) is 14.4. The van der Waals surface area contributed by atoms with Gasteiger partial charge in [-0.25, -0.2) is 0 Å². The van der Waals surface area contributed by atoms with Crippen molar-refractivity contribution in [2.75, 3.05) is 13.6 Å². The smallest absolute Gasteiger partial charge is 0.247 e. The van der Waals surface area contributed by atoms with Gasteiger partial charge >= 0.3 is 0 Å². The second kappa shape index (κ2) is 6.19. The number of hydrogen-bond donors (Lipinski definition) is 1. The van der Waals surface area contributed by atoms with Crippen LogP contribution >= 0.6 is 0 Å². The summed E-state index contributed by atoms with van der Waals surface area (Å²) >= 11 is 0. The first-order chi connectivity index (χ1) is 9.15. The number of rotatable bonds is 4. The molecule has 3 unspecified atom stereocenters. The highest BCUT2D eigenvalue weighted by atomic mass is 16.2. The van der Waals surface area contributed by atoms with Crippen molar-refractivity contribution in [1.29, 1.82) is 0 Å². The van der Waals surface area contributed by atoms with Crippen LogP contribution in [0.5, 0.6) is 0 Å². The van der Waals surface area contributed by atoms with Crippen LogP contribution in [0.4, 0.5) is 0 Å². The van der Waals surface area contributed by atoms with Gasteiger partial charge in [0.15, 0.2) is 0 Å². The zero-order valence-electron chi connectivity index (χ0n) is 11.8. The van der Waals surface area contributed by atoms with Crippen molar-refractivity contribution in [2.24, 2.45) is 11.7 Å². The van der Waals surface area contributed by atoms with Crippen LogP contribution < -0.4 is 5.73 Å². The van der Waals surface area contributed by atoms with Crippen molar-refractivity contribution in [1.82, 2.24) is 14.7 Å². The number of hydrogen-bond acceptors (Lipinski definition) is 3. The first-order valence-electron chi connectivity index (χ1n) is 7.11. The van der Waals surface area contributed by atoms with E-state index in [2.05, 4.69) is 5.10 Å². The van der Waals surface area contributed by atoms with Crippen molar-refractivity contribution in [3.63, 3.8) is 0 Å². The number of aromatic nitrogens is 2. The first kappa shape index (κ1) is 14.1. The molecule has 1 aromatic heterocycles. The highest BCUT2D eigenvalue weighted by molar-refractivity contribution is 5.80. The van der Waals surface area contributed by atoms with Crippen molar-refractivity contribution < 1.29 is 4.79 Å². The summed E-state index contributed by atoms with van der Waals surface area (Å²) in [5.74, 6) is 0.557. The van der Waals surface area contributed by atoms with Crippen molar-refractivity contribution in [3.8, 4) is 0 Å². The fourth-order valence-corrected chi connectivity index (χ4v) is 3.05. The fourth-order valence-electron chi connectivity index (χ4n) is 3.05. The molecule has 1 aliphatic carbocycles. The summed E-state index contributed by atoms with van der Waals surface area (Å²) in [6.45, 7) is 2.56. The largest absolute Gasteiger partial charge is 0.341 e. The van der Waals surface area contributed by atoms with E-state index in [1.165, 1.54) is 12.8 Å². The minimum Gasteiger partial charge on any atom is -0.341 e. The number of nitrogens with zero attached hydrogens (tertiary/aromatic N) is 3. The lowest BCUT2D eigenvalue weighted by molar-refractivity contribution is -0.137. The van der Waals surface area contributed by atoms with Crippen LogP contribution in [0.15, 0.2) is 18.5 Å². The molecule has 0 aliphatic heterocycles. The third-order valence-corrected chi connectivity index (χ3v) is 4.30. The van der Waals surface area contributed by atoms with Gasteiger partial charge in [0.05, 0.1) is 0 Å². The Kier molecular flexibility index (Phi) is 4.58.